The van der Waals surface area contributed by atoms with E-state index in [0.29, 0.717) is 19.6 Å². The number of carbonyl (C=O) groups is 1. The van der Waals surface area contributed by atoms with Crippen LogP contribution in [0.2, 0.25) is 0 Å². The van der Waals surface area contributed by atoms with Crippen molar-refractivity contribution in [2.75, 3.05) is 31.1 Å². The van der Waals surface area contributed by atoms with Crippen LogP contribution in [-0.2, 0) is 11.3 Å². The molecule has 0 unspecified atom stereocenters. The van der Waals surface area contributed by atoms with Crippen LogP contribution < -0.4 is 4.90 Å². The highest BCUT2D eigenvalue weighted by Crippen LogP contribution is 2.29. The zero-order valence-electron chi connectivity index (χ0n) is 18.9. The Hall–Kier alpha value is -3.86. The number of rotatable bonds is 5. The summed E-state index contributed by atoms with van der Waals surface area (Å²) in [4.78, 5) is 21.9. The van der Waals surface area contributed by atoms with Crippen LogP contribution in [0.3, 0.4) is 0 Å². The molecule has 0 N–H and O–H groups in total. The molecule has 2 aromatic carbocycles. The molecule has 3 heterocycles. The zero-order chi connectivity index (χ0) is 22.6. The third-order valence-corrected chi connectivity index (χ3v) is 6.23. The normalized spacial score (nSPS) is 13.8. The molecule has 0 radical (unpaired) electrons. The van der Waals surface area contributed by atoms with E-state index < -0.39 is 0 Å². The molecular formula is C28H28N4O. The molecule has 5 heteroatoms. The molecule has 1 saturated heterocycles. The van der Waals surface area contributed by atoms with Gasteiger partial charge >= 0.3 is 0 Å². The Morgan fingerprint density at radius 3 is 2.30 bits per heavy atom. The van der Waals surface area contributed by atoms with E-state index in [1.165, 1.54) is 11.1 Å². The van der Waals surface area contributed by atoms with E-state index in [1.54, 1.807) is 0 Å². The van der Waals surface area contributed by atoms with Crippen LogP contribution in [0.5, 0.6) is 0 Å². The van der Waals surface area contributed by atoms with Gasteiger partial charge in [0.25, 0.3) is 0 Å². The van der Waals surface area contributed by atoms with E-state index in [9.17, 15) is 4.79 Å². The van der Waals surface area contributed by atoms with Crippen LogP contribution in [0.25, 0.3) is 22.4 Å². The highest BCUT2D eigenvalue weighted by Gasteiger charge is 2.23. The van der Waals surface area contributed by atoms with Gasteiger partial charge in [-0.2, -0.15) is 0 Å². The molecule has 1 aliphatic heterocycles. The van der Waals surface area contributed by atoms with Crippen LogP contribution in [0.1, 0.15) is 5.56 Å². The average Bonchev–Trinajstić information content (AvgIpc) is 3.29. The molecule has 33 heavy (non-hydrogen) atoms. The van der Waals surface area contributed by atoms with E-state index in [1.807, 2.05) is 47.5 Å². The van der Waals surface area contributed by atoms with Crippen molar-refractivity contribution < 1.29 is 4.79 Å². The van der Waals surface area contributed by atoms with Gasteiger partial charge in [-0.15, -0.1) is 0 Å². The van der Waals surface area contributed by atoms with E-state index >= 15 is 0 Å². The van der Waals surface area contributed by atoms with Crippen molar-refractivity contribution >= 4 is 11.7 Å². The summed E-state index contributed by atoms with van der Waals surface area (Å²) in [5, 5.41) is 0. The number of carbonyl (C=O) groups excluding carboxylic acids is 1. The van der Waals surface area contributed by atoms with Crippen LogP contribution in [0, 0.1) is 6.92 Å². The molecule has 0 aliphatic carbocycles. The Bertz CT molecular complexity index is 1230. The van der Waals surface area contributed by atoms with Gasteiger partial charge in [0.05, 0.1) is 0 Å². The van der Waals surface area contributed by atoms with Crippen LogP contribution in [0.15, 0.2) is 91.3 Å². The summed E-state index contributed by atoms with van der Waals surface area (Å²) < 4.78 is 2.10. The van der Waals surface area contributed by atoms with Crippen molar-refractivity contribution in [2.45, 2.75) is 13.5 Å². The van der Waals surface area contributed by atoms with Gasteiger partial charge in [-0.05, 0) is 41.8 Å². The van der Waals surface area contributed by atoms with Gasteiger partial charge in [-0.25, -0.2) is 4.98 Å². The third-order valence-electron chi connectivity index (χ3n) is 6.23. The highest BCUT2D eigenvalue weighted by molar-refractivity contribution is 5.79. The van der Waals surface area contributed by atoms with Crippen molar-refractivity contribution in [1.82, 2.24) is 14.5 Å². The highest BCUT2D eigenvalue weighted by atomic mass is 16.2. The van der Waals surface area contributed by atoms with Gasteiger partial charge < -0.3 is 14.4 Å². The third kappa shape index (κ3) is 4.67. The molecule has 1 amide bonds. The Labute approximate surface area is 194 Å². The fourth-order valence-corrected chi connectivity index (χ4v) is 4.45. The van der Waals surface area contributed by atoms with Gasteiger partial charge in [0.15, 0.2) is 0 Å². The van der Waals surface area contributed by atoms with Crippen molar-refractivity contribution in [3.63, 3.8) is 0 Å². The van der Waals surface area contributed by atoms with Gasteiger partial charge in [0.1, 0.15) is 12.4 Å². The second-order valence-corrected chi connectivity index (χ2v) is 8.53. The van der Waals surface area contributed by atoms with E-state index in [4.69, 9.17) is 0 Å². The number of piperazine rings is 1. The number of hydrogen-bond acceptors (Lipinski definition) is 3. The van der Waals surface area contributed by atoms with Crippen molar-refractivity contribution in [3.05, 3.63) is 96.8 Å². The molecule has 166 valence electrons. The predicted molar refractivity (Wildman–Crippen MR) is 133 cm³/mol. The van der Waals surface area contributed by atoms with Crippen LogP contribution in [-0.4, -0.2) is 46.5 Å². The number of aryl methyl sites for hydroxylation is 1. The van der Waals surface area contributed by atoms with E-state index in [2.05, 4.69) is 70.0 Å². The zero-order valence-corrected chi connectivity index (χ0v) is 18.9. The Kier molecular flexibility index (Phi) is 5.94. The lowest BCUT2D eigenvalue weighted by atomic mass is 10.1. The topological polar surface area (TPSA) is 41.4 Å². The quantitative estimate of drug-likeness (QED) is 0.448. The Balaban J connectivity index is 1.35. The molecular weight excluding hydrogens is 408 g/mol. The number of hydrogen-bond donors (Lipinski definition) is 0. The van der Waals surface area contributed by atoms with E-state index in [0.717, 1.165) is 35.7 Å². The summed E-state index contributed by atoms with van der Waals surface area (Å²) in [5.41, 5.74) is 5.70. The smallest absolute Gasteiger partial charge is 0.242 e. The maximum absolute atomic E-state index is 13.3. The fourth-order valence-electron chi connectivity index (χ4n) is 4.45. The Morgan fingerprint density at radius 1 is 0.818 bits per heavy atom. The second-order valence-electron chi connectivity index (χ2n) is 8.53. The van der Waals surface area contributed by atoms with Crippen molar-refractivity contribution in [3.8, 4) is 22.4 Å². The maximum Gasteiger partial charge on any atom is 0.242 e. The summed E-state index contributed by atoms with van der Waals surface area (Å²) in [5.74, 6) is 1.13. The summed E-state index contributed by atoms with van der Waals surface area (Å²) in [7, 11) is 0. The molecule has 4 aromatic rings. The van der Waals surface area contributed by atoms with Crippen LogP contribution in [0.4, 0.5) is 5.82 Å². The lowest BCUT2D eigenvalue weighted by molar-refractivity contribution is -0.132. The molecule has 0 atom stereocenters. The molecule has 0 spiro atoms. The predicted octanol–water partition coefficient (Wildman–Crippen LogP) is 4.87. The summed E-state index contributed by atoms with van der Waals surface area (Å²) >= 11 is 0. The van der Waals surface area contributed by atoms with Gasteiger partial charge in [-0.3, -0.25) is 4.79 Å². The molecule has 1 fully saturated rings. The first-order valence-corrected chi connectivity index (χ1v) is 11.4. The van der Waals surface area contributed by atoms with Gasteiger partial charge in [-0.1, -0.05) is 66.2 Å². The summed E-state index contributed by atoms with van der Waals surface area (Å²) in [6.07, 6.45) is 3.93. The maximum atomic E-state index is 13.3. The van der Waals surface area contributed by atoms with Gasteiger partial charge in [0, 0.05) is 44.3 Å². The number of aromatic nitrogens is 2. The summed E-state index contributed by atoms with van der Waals surface area (Å²) in [6.45, 7) is 5.46. The van der Waals surface area contributed by atoms with E-state index in [-0.39, 0.29) is 5.91 Å². The molecule has 5 rings (SSSR count). The first-order valence-electron chi connectivity index (χ1n) is 11.4. The minimum absolute atomic E-state index is 0.152. The standard InChI is InChI=1S/C28H28N4O/c1-22-8-7-11-24(18-22)25-19-26(23-9-3-2-4-10-23)32(20-25)21-28(33)31-16-14-30(15-17-31)27-12-5-6-13-29-27/h2-13,18-20H,14-17,21H2,1H3. The molecule has 5 nitrogen and oxygen atoms in total. The number of pyridine rings is 1. The molecule has 0 saturated carbocycles. The minimum atomic E-state index is 0.152. The second kappa shape index (κ2) is 9.33. The largest absolute Gasteiger partial charge is 0.353 e. The number of anilines is 1. The number of amides is 1. The Morgan fingerprint density at radius 2 is 1.58 bits per heavy atom. The first kappa shape index (κ1) is 21.0. The van der Waals surface area contributed by atoms with Crippen LogP contribution >= 0.6 is 0 Å². The SMILES string of the molecule is Cc1cccc(-c2cc(-c3ccccc3)n(CC(=O)N3CCN(c4ccccn4)CC3)c2)c1. The van der Waals surface area contributed by atoms with Crippen molar-refractivity contribution in [2.24, 2.45) is 0 Å². The van der Waals surface area contributed by atoms with Gasteiger partial charge in [0.2, 0.25) is 5.91 Å². The molecule has 0 bridgehead atoms. The monoisotopic (exact) mass is 436 g/mol. The first-order chi connectivity index (χ1) is 16.2. The number of nitrogens with zero attached hydrogens (tertiary/aromatic N) is 4. The molecule has 1 aliphatic rings. The average molecular weight is 437 g/mol. The van der Waals surface area contributed by atoms with Crippen molar-refractivity contribution in [1.29, 1.82) is 0 Å². The number of benzene rings is 2. The summed E-state index contributed by atoms with van der Waals surface area (Å²) in [6, 6.07) is 26.9. The fraction of sp³-hybridized carbons (Fsp3) is 0.214. The lowest BCUT2D eigenvalue weighted by Gasteiger charge is -2.35. The molecule has 2 aromatic heterocycles. The minimum Gasteiger partial charge on any atom is -0.353 e. The lowest BCUT2D eigenvalue weighted by Crippen LogP contribution is -2.49.